The van der Waals surface area contributed by atoms with E-state index in [0.29, 0.717) is 25.4 Å². The van der Waals surface area contributed by atoms with Crippen LogP contribution < -0.4 is 15.0 Å². The predicted molar refractivity (Wildman–Crippen MR) is 106 cm³/mol. The molecule has 0 saturated carbocycles. The monoisotopic (exact) mass is 387 g/mol. The molecule has 1 aromatic carbocycles. The van der Waals surface area contributed by atoms with Gasteiger partial charge in [-0.15, -0.1) is 0 Å². The van der Waals surface area contributed by atoms with Gasteiger partial charge in [0.25, 0.3) is 0 Å². The Balaban J connectivity index is 1.53. The summed E-state index contributed by atoms with van der Waals surface area (Å²) in [6.07, 6.45) is 1.72. The van der Waals surface area contributed by atoms with Gasteiger partial charge in [-0.25, -0.2) is 0 Å². The summed E-state index contributed by atoms with van der Waals surface area (Å²) in [5.74, 6) is 0.367. The zero-order valence-corrected chi connectivity index (χ0v) is 16.8. The molecule has 1 aromatic rings. The number of methoxy groups -OCH3 is 1. The minimum absolute atomic E-state index is 0.00163. The minimum Gasteiger partial charge on any atom is -0.497 e. The summed E-state index contributed by atoms with van der Waals surface area (Å²) in [7, 11) is 1.58. The Bertz CT molecular complexity index is 741. The lowest BCUT2D eigenvalue weighted by atomic mass is 10.0. The molecule has 28 heavy (non-hydrogen) atoms. The van der Waals surface area contributed by atoms with Crippen LogP contribution in [0.25, 0.3) is 0 Å². The summed E-state index contributed by atoms with van der Waals surface area (Å²) in [6.45, 7) is 5.52. The average molecular weight is 387 g/mol. The van der Waals surface area contributed by atoms with Crippen LogP contribution in [0, 0.1) is 11.8 Å². The van der Waals surface area contributed by atoms with Gasteiger partial charge < -0.3 is 19.9 Å². The van der Waals surface area contributed by atoms with E-state index in [1.165, 1.54) is 0 Å². The molecule has 1 unspecified atom stereocenters. The van der Waals surface area contributed by atoms with E-state index in [4.69, 9.17) is 4.74 Å². The number of carbonyl (C=O) groups is 3. The lowest BCUT2D eigenvalue weighted by Crippen LogP contribution is -2.48. The molecule has 0 radical (unpaired) electrons. The summed E-state index contributed by atoms with van der Waals surface area (Å²) in [4.78, 5) is 40.7. The number of hydrogen-bond donors (Lipinski definition) is 1. The smallest absolute Gasteiger partial charge is 0.227 e. The molecular weight excluding hydrogens is 358 g/mol. The van der Waals surface area contributed by atoms with Crippen LogP contribution in [0.4, 0.5) is 5.69 Å². The van der Waals surface area contributed by atoms with E-state index in [1.807, 2.05) is 36.9 Å². The molecule has 0 spiro atoms. The molecule has 0 aromatic heterocycles. The first-order valence-corrected chi connectivity index (χ1v) is 9.92. The van der Waals surface area contributed by atoms with Crippen molar-refractivity contribution in [1.29, 1.82) is 0 Å². The van der Waals surface area contributed by atoms with Gasteiger partial charge in [-0.3, -0.25) is 14.4 Å². The van der Waals surface area contributed by atoms with Crippen molar-refractivity contribution in [2.24, 2.45) is 11.8 Å². The predicted octanol–water partition coefficient (Wildman–Crippen LogP) is 1.81. The van der Waals surface area contributed by atoms with E-state index in [-0.39, 0.29) is 42.0 Å². The van der Waals surface area contributed by atoms with Gasteiger partial charge in [-0.2, -0.15) is 0 Å². The molecule has 3 amide bonds. The average Bonchev–Trinajstić information content (AvgIpc) is 3.10. The van der Waals surface area contributed by atoms with Gasteiger partial charge in [-0.05, 0) is 25.0 Å². The fourth-order valence-corrected chi connectivity index (χ4v) is 3.84. The zero-order chi connectivity index (χ0) is 20.3. The second-order valence-electron chi connectivity index (χ2n) is 7.87. The Morgan fingerprint density at radius 3 is 2.57 bits per heavy atom. The van der Waals surface area contributed by atoms with Crippen LogP contribution in [-0.4, -0.2) is 55.4 Å². The second-order valence-corrected chi connectivity index (χ2v) is 7.87. The number of likely N-dealkylation sites (tertiary alicyclic amines) is 1. The largest absolute Gasteiger partial charge is 0.497 e. The molecule has 1 atom stereocenters. The number of hydrogen-bond acceptors (Lipinski definition) is 4. The van der Waals surface area contributed by atoms with Crippen molar-refractivity contribution in [1.82, 2.24) is 10.2 Å². The van der Waals surface area contributed by atoms with Crippen molar-refractivity contribution in [3.05, 3.63) is 24.3 Å². The Labute approximate surface area is 166 Å². The molecule has 1 N–H and O–H groups in total. The van der Waals surface area contributed by atoms with Crippen molar-refractivity contribution < 1.29 is 19.1 Å². The van der Waals surface area contributed by atoms with E-state index in [0.717, 1.165) is 18.5 Å². The number of nitrogens with one attached hydrogen (secondary N) is 1. The number of ether oxygens (including phenoxy) is 1. The van der Waals surface area contributed by atoms with Gasteiger partial charge in [-0.1, -0.05) is 19.9 Å². The van der Waals surface area contributed by atoms with Crippen molar-refractivity contribution in [2.45, 2.75) is 39.2 Å². The Kier molecular flexibility index (Phi) is 6.21. The molecule has 2 heterocycles. The number of anilines is 1. The maximum atomic E-state index is 12.7. The van der Waals surface area contributed by atoms with Gasteiger partial charge in [0, 0.05) is 49.8 Å². The molecule has 2 aliphatic rings. The minimum atomic E-state index is -0.353. The van der Waals surface area contributed by atoms with E-state index in [9.17, 15) is 14.4 Å². The van der Waals surface area contributed by atoms with Gasteiger partial charge >= 0.3 is 0 Å². The van der Waals surface area contributed by atoms with Crippen molar-refractivity contribution >= 4 is 23.4 Å². The number of piperidine rings is 1. The highest BCUT2D eigenvalue weighted by molar-refractivity contribution is 6.00. The lowest BCUT2D eigenvalue weighted by molar-refractivity contribution is -0.135. The molecule has 2 saturated heterocycles. The molecule has 7 nitrogen and oxygen atoms in total. The number of benzene rings is 1. The number of rotatable bonds is 5. The molecule has 7 heteroatoms. The highest BCUT2D eigenvalue weighted by atomic mass is 16.5. The first kappa shape index (κ1) is 20.2. The normalized spacial score (nSPS) is 20.6. The topological polar surface area (TPSA) is 79.0 Å². The summed E-state index contributed by atoms with van der Waals surface area (Å²) in [5, 5.41) is 3.08. The van der Waals surface area contributed by atoms with Crippen LogP contribution in [-0.2, 0) is 14.4 Å². The highest BCUT2D eigenvalue weighted by Gasteiger charge is 2.36. The maximum Gasteiger partial charge on any atom is 0.227 e. The highest BCUT2D eigenvalue weighted by Crippen LogP contribution is 2.28. The van der Waals surface area contributed by atoms with Crippen LogP contribution in [0.15, 0.2) is 24.3 Å². The molecule has 0 aliphatic carbocycles. The van der Waals surface area contributed by atoms with Gasteiger partial charge in [0.1, 0.15) is 5.75 Å². The summed E-state index contributed by atoms with van der Waals surface area (Å²) in [6, 6.07) is 7.37. The quantitative estimate of drug-likeness (QED) is 0.836. The SMILES string of the molecule is COc1cccc(N2CC(C(=O)NC3CCN(C(=O)C(C)C)CC3)CC2=O)c1. The van der Waals surface area contributed by atoms with Gasteiger partial charge in [0.15, 0.2) is 0 Å². The molecule has 2 fully saturated rings. The van der Waals surface area contributed by atoms with E-state index >= 15 is 0 Å². The molecular formula is C21H29N3O4. The summed E-state index contributed by atoms with van der Waals surface area (Å²) in [5.41, 5.74) is 0.750. The Hall–Kier alpha value is -2.57. The van der Waals surface area contributed by atoms with Gasteiger partial charge in [0.05, 0.1) is 13.0 Å². The maximum absolute atomic E-state index is 12.7. The van der Waals surface area contributed by atoms with E-state index < -0.39 is 0 Å². The molecule has 152 valence electrons. The third-order valence-corrected chi connectivity index (χ3v) is 5.51. The number of nitrogens with zero attached hydrogens (tertiary/aromatic N) is 2. The van der Waals surface area contributed by atoms with E-state index in [2.05, 4.69) is 5.32 Å². The zero-order valence-electron chi connectivity index (χ0n) is 16.8. The first-order valence-electron chi connectivity index (χ1n) is 9.92. The Morgan fingerprint density at radius 2 is 1.93 bits per heavy atom. The fraction of sp³-hybridized carbons (Fsp3) is 0.571. The van der Waals surface area contributed by atoms with Gasteiger partial charge in [0.2, 0.25) is 17.7 Å². The van der Waals surface area contributed by atoms with E-state index in [1.54, 1.807) is 18.1 Å². The molecule has 3 rings (SSSR count). The van der Waals surface area contributed by atoms with Crippen molar-refractivity contribution in [2.75, 3.05) is 31.6 Å². The number of amides is 3. The summed E-state index contributed by atoms with van der Waals surface area (Å²) >= 11 is 0. The third-order valence-electron chi connectivity index (χ3n) is 5.51. The molecule has 2 aliphatic heterocycles. The van der Waals surface area contributed by atoms with Crippen molar-refractivity contribution in [3.8, 4) is 5.75 Å². The first-order chi connectivity index (χ1) is 13.4. The second kappa shape index (κ2) is 8.63. The molecule has 0 bridgehead atoms. The Morgan fingerprint density at radius 1 is 1.21 bits per heavy atom. The van der Waals surface area contributed by atoms with Crippen molar-refractivity contribution in [3.63, 3.8) is 0 Å². The summed E-state index contributed by atoms with van der Waals surface area (Å²) < 4.78 is 5.22. The standard InChI is InChI=1S/C21H29N3O4/c1-14(2)21(27)23-9-7-16(8-10-23)22-20(26)15-11-19(25)24(13-15)17-5-4-6-18(12-17)28-3/h4-6,12,14-16H,7-11,13H2,1-3H3,(H,22,26). The van der Waals surface area contributed by atoms with Crippen LogP contribution in [0.3, 0.4) is 0 Å². The van der Waals surface area contributed by atoms with Crippen LogP contribution in [0.5, 0.6) is 5.75 Å². The van der Waals surface area contributed by atoms with Crippen LogP contribution >= 0.6 is 0 Å². The number of carbonyl (C=O) groups excluding carboxylic acids is 3. The fourth-order valence-electron chi connectivity index (χ4n) is 3.84. The van der Waals surface area contributed by atoms with Crippen LogP contribution in [0.1, 0.15) is 33.1 Å². The van der Waals surface area contributed by atoms with Crippen LogP contribution in [0.2, 0.25) is 0 Å². The third kappa shape index (κ3) is 4.46. The lowest BCUT2D eigenvalue weighted by Gasteiger charge is -2.33.